The number of hydrogen-bond acceptors (Lipinski definition) is 4. The summed E-state index contributed by atoms with van der Waals surface area (Å²) in [5.41, 5.74) is 1.98. The van der Waals surface area contributed by atoms with E-state index in [1.807, 2.05) is 25.3 Å². The van der Waals surface area contributed by atoms with Gasteiger partial charge in [-0.25, -0.2) is 9.78 Å². The summed E-state index contributed by atoms with van der Waals surface area (Å²) >= 11 is 5.19. The van der Waals surface area contributed by atoms with Gasteiger partial charge in [-0.05, 0) is 26.3 Å². The summed E-state index contributed by atoms with van der Waals surface area (Å²) in [6.45, 7) is 4.00. The topological polar surface area (TPSA) is 43.1 Å². The molecule has 3 rings (SSSR count). The van der Waals surface area contributed by atoms with Gasteiger partial charge in [0.2, 0.25) is 0 Å². The van der Waals surface area contributed by atoms with Gasteiger partial charge in [0, 0.05) is 26.6 Å². The van der Waals surface area contributed by atoms with Crippen molar-refractivity contribution in [1.82, 2.24) is 4.98 Å². The predicted octanol–water partition coefficient (Wildman–Crippen LogP) is 2.19. The summed E-state index contributed by atoms with van der Waals surface area (Å²) in [5, 5.41) is 3.92. The van der Waals surface area contributed by atoms with Gasteiger partial charge in [0.25, 0.3) is 0 Å². The number of halogens is 1. The first-order valence-corrected chi connectivity index (χ1v) is 7.60. The third-order valence-electron chi connectivity index (χ3n) is 3.06. The van der Waals surface area contributed by atoms with Crippen molar-refractivity contribution in [2.24, 2.45) is 0 Å². The Labute approximate surface area is 122 Å². The van der Waals surface area contributed by atoms with Crippen LogP contribution in [0.25, 0.3) is 23.4 Å². The fraction of sp³-hybridized carbons (Fsp3) is 0.286. The molecule has 0 radical (unpaired) electrons. The summed E-state index contributed by atoms with van der Waals surface area (Å²) < 4.78 is 5.15. The van der Waals surface area contributed by atoms with Gasteiger partial charge in [0.05, 0.1) is 10.7 Å². The second kappa shape index (κ2) is 4.42. The summed E-state index contributed by atoms with van der Waals surface area (Å²) in [6.07, 6.45) is 4.90. The molecule has 0 amide bonds. The third kappa shape index (κ3) is 2.44. The van der Waals surface area contributed by atoms with Crippen LogP contribution in [-0.4, -0.2) is 9.31 Å². The minimum Gasteiger partial charge on any atom is -0.423 e. The Bertz CT molecular complexity index is 817. The summed E-state index contributed by atoms with van der Waals surface area (Å²) in [4.78, 5) is 16.2. The van der Waals surface area contributed by atoms with Crippen LogP contribution in [0.2, 0.25) is 0 Å². The first kappa shape index (κ1) is 12.8. The van der Waals surface area contributed by atoms with Crippen molar-refractivity contribution < 1.29 is 4.42 Å². The van der Waals surface area contributed by atoms with Gasteiger partial charge in [0.15, 0.2) is 0 Å². The lowest BCUT2D eigenvalue weighted by atomic mass is 9.99. The highest BCUT2D eigenvalue weighted by Gasteiger charge is 2.20. The lowest BCUT2D eigenvalue weighted by Crippen LogP contribution is -2.37. The molecular formula is C14H12BrNO2S. The van der Waals surface area contributed by atoms with E-state index in [1.165, 1.54) is 6.07 Å². The fourth-order valence-electron chi connectivity index (χ4n) is 2.17. The highest BCUT2D eigenvalue weighted by Crippen LogP contribution is 2.26. The van der Waals surface area contributed by atoms with E-state index in [0.29, 0.717) is 5.42 Å². The number of aryl methyl sites for hydroxylation is 1. The zero-order valence-corrected chi connectivity index (χ0v) is 13.0. The van der Waals surface area contributed by atoms with Crippen LogP contribution in [0.4, 0.5) is 0 Å². The fourth-order valence-corrected chi connectivity index (χ4v) is 3.15. The Morgan fingerprint density at radius 2 is 2.32 bits per heavy atom. The third-order valence-corrected chi connectivity index (χ3v) is 4.39. The molecule has 0 N–H and O–H groups in total. The smallest absolute Gasteiger partial charge is 0.336 e. The van der Waals surface area contributed by atoms with Crippen molar-refractivity contribution in [2.45, 2.75) is 24.6 Å². The molecule has 1 unspecified atom stereocenters. The van der Waals surface area contributed by atoms with Crippen LogP contribution in [0.15, 0.2) is 20.7 Å². The first-order chi connectivity index (χ1) is 8.94. The van der Waals surface area contributed by atoms with Crippen LogP contribution < -0.4 is 16.3 Å². The van der Waals surface area contributed by atoms with E-state index in [4.69, 9.17) is 4.42 Å². The van der Waals surface area contributed by atoms with E-state index >= 15 is 0 Å². The number of fused-ring (bicyclic) bond motifs is 1. The summed E-state index contributed by atoms with van der Waals surface area (Å²) in [6, 6.07) is 1.52. The Morgan fingerprint density at radius 1 is 1.53 bits per heavy atom. The van der Waals surface area contributed by atoms with Gasteiger partial charge in [-0.1, -0.05) is 22.0 Å². The Balaban J connectivity index is 2.35. The Morgan fingerprint density at radius 3 is 3.00 bits per heavy atom. The Kier molecular flexibility index (Phi) is 2.98. The minimum atomic E-state index is -0.339. The molecular weight excluding hydrogens is 326 g/mol. The molecule has 0 aliphatic heterocycles. The molecule has 3 nitrogen and oxygen atoms in total. The van der Waals surface area contributed by atoms with Crippen molar-refractivity contribution in [3.8, 4) is 11.3 Å². The largest absolute Gasteiger partial charge is 0.423 e. The standard InChI is InChI=1S/C14H12BrNO2S/c1-8-16-11(7-19-8)10-5-13(17)18-12-6-14(2,15)4-3-9(10)12/h3,5-7H,4H2,1-2H3. The number of thiazole rings is 1. The second-order valence-electron chi connectivity index (χ2n) is 4.84. The molecule has 0 aromatic carbocycles. The maximum absolute atomic E-state index is 11.7. The quantitative estimate of drug-likeness (QED) is 0.749. The molecule has 0 saturated heterocycles. The van der Waals surface area contributed by atoms with Crippen LogP contribution in [-0.2, 0) is 0 Å². The maximum Gasteiger partial charge on any atom is 0.336 e. The molecule has 0 bridgehead atoms. The van der Waals surface area contributed by atoms with Gasteiger partial charge >= 0.3 is 5.63 Å². The molecule has 19 heavy (non-hydrogen) atoms. The minimum absolute atomic E-state index is 0.160. The molecule has 0 spiro atoms. The summed E-state index contributed by atoms with van der Waals surface area (Å²) in [7, 11) is 0. The number of rotatable bonds is 1. The SMILES string of the molecule is Cc1nc(-c2cc(=O)oc3c2=CCC(C)(Br)C=3)cs1. The molecule has 1 aliphatic carbocycles. The first-order valence-electron chi connectivity index (χ1n) is 5.93. The van der Waals surface area contributed by atoms with E-state index in [2.05, 4.69) is 27.0 Å². The lowest BCUT2D eigenvalue weighted by Gasteiger charge is -2.18. The van der Waals surface area contributed by atoms with E-state index < -0.39 is 0 Å². The normalized spacial score (nSPS) is 21.4. The summed E-state index contributed by atoms with van der Waals surface area (Å²) in [5.74, 6) is 0. The van der Waals surface area contributed by atoms with E-state index in [0.717, 1.165) is 27.9 Å². The second-order valence-corrected chi connectivity index (χ2v) is 7.71. The van der Waals surface area contributed by atoms with Crippen LogP contribution >= 0.6 is 27.3 Å². The molecule has 5 heteroatoms. The zero-order chi connectivity index (χ0) is 13.6. The van der Waals surface area contributed by atoms with Crippen molar-refractivity contribution in [2.75, 3.05) is 0 Å². The molecule has 2 heterocycles. The van der Waals surface area contributed by atoms with Crippen LogP contribution in [0.5, 0.6) is 0 Å². The van der Waals surface area contributed by atoms with Crippen LogP contribution in [0, 0.1) is 6.92 Å². The monoisotopic (exact) mass is 337 g/mol. The lowest BCUT2D eigenvalue weighted by molar-refractivity contribution is 0.469. The van der Waals surface area contributed by atoms with Crippen molar-refractivity contribution >= 4 is 39.4 Å². The number of aromatic nitrogens is 1. The molecule has 98 valence electrons. The molecule has 1 atom stereocenters. The molecule has 1 aliphatic rings. The zero-order valence-electron chi connectivity index (χ0n) is 10.6. The van der Waals surface area contributed by atoms with E-state index in [1.54, 1.807) is 11.3 Å². The van der Waals surface area contributed by atoms with Crippen LogP contribution in [0.1, 0.15) is 18.4 Å². The average Bonchev–Trinajstić information content (AvgIpc) is 2.73. The average molecular weight is 338 g/mol. The van der Waals surface area contributed by atoms with Gasteiger partial charge < -0.3 is 4.42 Å². The van der Waals surface area contributed by atoms with Gasteiger partial charge in [-0.3, -0.25) is 0 Å². The molecule has 2 aromatic rings. The van der Waals surface area contributed by atoms with Crippen LogP contribution in [0.3, 0.4) is 0 Å². The van der Waals surface area contributed by atoms with E-state index in [-0.39, 0.29) is 9.95 Å². The van der Waals surface area contributed by atoms with Gasteiger partial charge in [-0.2, -0.15) is 0 Å². The number of nitrogens with zero attached hydrogens (tertiary/aromatic N) is 1. The highest BCUT2D eigenvalue weighted by atomic mass is 79.9. The number of alkyl halides is 1. The van der Waals surface area contributed by atoms with Crippen molar-refractivity contribution in [1.29, 1.82) is 0 Å². The van der Waals surface area contributed by atoms with E-state index in [9.17, 15) is 4.79 Å². The van der Waals surface area contributed by atoms with Crippen molar-refractivity contribution in [3.63, 3.8) is 0 Å². The molecule has 2 aromatic heterocycles. The Hall–Kier alpha value is -1.20. The highest BCUT2D eigenvalue weighted by molar-refractivity contribution is 9.10. The van der Waals surface area contributed by atoms with Gasteiger partial charge in [0.1, 0.15) is 5.42 Å². The molecule has 0 fully saturated rings. The van der Waals surface area contributed by atoms with Gasteiger partial charge in [-0.15, -0.1) is 11.3 Å². The maximum atomic E-state index is 11.7. The number of hydrogen-bond donors (Lipinski definition) is 0. The van der Waals surface area contributed by atoms with Crippen molar-refractivity contribution in [3.05, 3.63) is 37.5 Å². The molecule has 0 saturated carbocycles. The predicted molar refractivity (Wildman–Crippen MR) is 81.0 cm³/mol.